The lowest BCUT2D eigenvalue weighted by atomic mass is 10.0. The quantitative estimate of drug-likeness (QED) is 0.812. The number of nitrogens with two attached hydrogens (primary N) is 1. The van der Waals surface area contributed by atoms with Gasteiger partial charge in [-0.15, -0.1) is 0 Å². The number of aryl methyl sites for hydroxylation is 1. The zero-order valence-corrected chi connectivity index (χ0v) is 10.1. The monoisotopic (exact) mass is 236 g/mol. The van der Waals surface area contributed by atoms with Crippen LogP contribution >= 0.6 is 11.6 Å². The van der Waals surface area contributed by atoms with Crippen LogP contribution < -0.4 is 5.73 Å². The molecule has 0 saturated carbocycles. The first-order valence-electron chi connectivity index (χ1n) is 6.03. The van der Waals surface area contributed by atoms with Gasteiger partial charge in [0.1, 0.15) is 0 Å². The Labute approximate surface area is 101 Å². The first-order chi connectivity index (χ1) is 7.70. The summed E-state index contributed by atoms with van der Waals surface area (Å²) in [5.74, 6) is 0. The highest BCUT2D eigenvalue weighted by Gasteiger charge is 2.41. The molecule has 1 aliphatic carbocycles. The number of rotatable bonds is 1. The molecule has 2 N–H and O–H groups in total. The van der Waals surface area contributed by atoms with Crippen LogP contribution in [0.3, 0.4) is 0 Å². The second-order valence-electron chi connectivity index (χ2n) is 4.92. The molecule has 3 heteroatoms. The third-order valence-electron chi connectivity index (χ3n) is 3.98. The summed E-state index contributed by atoms with van der Waals surface area (Å²) in [6.07, 6.45) is 4.65. The molecular formula is C13H17ClN2. The van der Waals surface area contributed by atoms with E-state index in [-0.39, 0.29) is 5.66 Å². The van der Waals surface area contributed by atoms with Crippen LogP contribution in [0.5, 0.6) is 0 Å². The molecule has 0 bridgehead atoms. The average molecular weight is 237 g/mol. The summed E-state index contributed by atoms with van der Waals surface area (Å²) in [7, 11) is 0. The summed E-state index contributed by atoms with van der Waals surface area (Å²) in [4.78, 5) is 2.44. The number of likely N-dealkylation sites (tertiary alicyclic amines) is 1. The molecule has 86 valence electrons. The molecule has 1 saturated heterocycles. The van der Waals surface area contributed by atoms with Crippen LogP contribution in [0.1, 0.15) is 30.4 Å². The zero-order valence-electron chi connectivity index (χ0n) is 9.38. The van der Waals surface area contributed by atoms with E-state index in [2.05, 4.69) is 17.0 Å². The zero-order chi connectivity index (χ0) is 11.2. The van der Waals surface area contributed by atoms with Gasteiger partial charge in [0, 0.05) is 18.1 Å². The van der Waals surface area contributed by atoms with E-state index in [9.17, 15) is 0 Å². The van der Waals surface area contributed by atoms with E-state index >= 15 is 0 Å². The van der Waals surface area contributed by atoms with Gasteiger partial charge in [-0.05, 0) is 48.9 Å². The van der Waals surface area contributed by atoms with Crippen LogP contribution in [0.4, 0.5) is 0 Å². The maximum absolute atomic E-state index is 6.61. The average Bonchev–Trinajstić information content (AvgIpc) is 2.87. The largest absolute Gasteiger partial charge is 0.309 e. The Morgan fingerprint density at radius 2 is 2.00 bits per heavy atom. The SMILES string of the molecule is NC1(N2CCCC2)CCc2cc(Cl)ccc21. The fraction of sp³-hybridized carbons (Fsp3) is 0.538. The number of hydrogen-bond donors (Lipinski definition) is 1. The van der Waals surface area contributed by atoms with Crippen molar-refractivity contribution in [1.82, 2.24) is 4.90 Å². The van der Waals surface area contributed by atoms with Crippen molar-refractivity contribution >= 4 is 11.6 Å². The number of fused-ring (bicyclic) bond motifs is 1. The van der Waals surface area contributed by atoms with E-state index in [0.717, 1.165) is 31.0 Å². The Morgan fingerprint density at radius 1 is 1.25 bits per heavy atom. The lowest BCUT2D eigenvalue weighted by Crippen LogP contribution is -2.50. The molecule has 1 heterocycles. The first kappa shape index (κ1) is 10.6. The summed E-state index contributed by atoms with van der Waals surface area (Å²) in [5.41, 5.74) is 9.01. The molecule has 1 aromatic rings. The van der Waals surface area contributed by atoms with Crippen LogP contribution in [0, 0.1) is 0 Å². The molecule has 3 rings (SSSR count). The molecule has 0 radical (unpaired) electrons. The van der Waals surface area contributed by atoms with Crippen molar-refractivity contribution in [2.45, 2.75) is 31.3 Å². The molecular weight excluding hydrogens is 220 g/mol. The van der Waals surface area contributed by atoms with E-state index in [1.54, 1.807) is 0 Å². The van der Waals surface area contributed by atoms with E-state index in [0.29, 0.717) is 0 Å². The third-order valence-corrected chi connectivity index (χ3v) is 4.21. The molecule has 2 aliphatic rings. The van der Waals surface area contributed by atoms with Gasteiger partial charge in [-0.25, -0.2) is 0 Å². The Kier molecular flexibility index (Phi) is 2.46. The van der Waals surface area contributed by atoms with Gasteiger partial charge in [-0.2, -0.15) is 0 Å². The Balaban J connectivity index is 2.00. The Bertz CT molecular complexity index is 412. The van der Waals surface area contributed by atoms with Crippen LogP contribution in [0.25, 0.3) is 0 Å². The van der Waals surface area contributed by atoms with E-state index in [1.165, 1.54) is 24.0 Å². The van der Waals surface area contributed by atoms with Crippen LogP contribution in [-0.4, -0.2) is 18.0 Å². The standard InChI is InChI=1S/C13H17ClN2/c14-11-3-4-12-10(9-11)5-6-13(12,15)16-7-1-2-8-16/h3-4,9H,1-2,5-8,15H2. The number of nitrogens with zero attached hydrogens (tertiary/aromatic N) is 1. The fourth-order valence-electron chi connectivity index (χ4n) is 3.10. The van der Waals surface area contributed by atoms with Gasteiger partial charge >= 0.3 is 0 Å². The molecule has 0 spiro atoms. The third kappa shape index (κ3) is 1.48. The van der Waals surface area contributed by atoms with E-state index < -0.39 is 0 Å². The smallest absolute Gasteiger partial charge is 0.0955 e. The molecule has 1 atom stereocenters. The second kappa shape index (κ2) is 3.73. The van der Waals surface area contributed by atoms with Crippen molar-refractivity contribution in [3.05, 3.63) is 34.3 Å². The lowest BCUT2D eigenvalue weighted by molar-refractivity contribution is 0.123. The fourth-order valence-corrected chi connectivity index (χ4v) is 3.29. The van der Waals surface area contributed by atoms with Gasteiger partial charge < -0.3 is 5.73 Å². The molecule has 1 unspecified atom stereocenters. The van der Waals surface area contributed by atoms with E-state index in [4.69, 9.17) is 17.3 Å². The van der Waals surface area contributed by atoms with Crippen LogP contribution in [0.2, 0.25) is 5.02 Å². The highest BCUT2D eigenvalue weighted by atomic mass is 35.5. The summed E-state index contributed by atoms with van der Waals surface area (Å²) in [6.45, 7) is 2.27. The van der Waals surface area contributed by atoms with Crippen LogP contribution in [-0.2, 0) is 12.1 Å². The van der Waals surface area contributed by atoms with Crippen molar-refractivity contribution < 1.29 is 0 Å². The summed E-state index contributed by atoms with van der Waals surface area (Å²) < 4.78 is 0. The normalized spacial score (nSPS) is 29.6. The minimum absolute atomic E-state index is 0.226. The summed E-state index contributed by atoms with van der Waals surface area (Å²) in [5, 5.41) is 0.824. The topological polar surface area (TPSA) is 29.3 Å². The van der Waals surface area contributed by atoms with Crippen molar-refractivity contribution in [3.63, 3.8) is 0 Å². The molecule has 2 nitrogen and oxygen atoms in total. The predicted octanol–water partition coefficient (Wildman–Crippen LogP) is 2.49. The minimum Gasteiger partial charge on any atom is -0.309 e. The van der Waals surface area contributed by atoms with Crippen molar-refractivity contribution in [3.8, 4) is 0 Å². The molecule has 0 aromatic heterocycles. The van der Waals surface area contributed by atoms with Gasteiger partial charge in [0.05, 0.1) is 5.66 Å². The van der Waals surface area contributed by atoms with Gasteiger partial charge in [-0.1, -0.05) is 17.7 Å². The van der Waals surface area contributed by atoms with Crippen molar-refractivity contribution in [2.75, 3.05) is 13.1 Å². The molecule has 0 amide bonds. The summed E-state index contributed by atoms with van der Waals surface area (Å²) >= 11 is 6.02. The number of hydrogen-bond acceptors (Lipinski definition) is 2. The second-order valence-corrected chi connectivity index (χ2v) is 5.36. The Morgan fingerprint density at radius 3 is 2.75 bits per heavy atom. The van der Waals surface area contributed by atoms with E-state index in [1.807, 2.05) is 6.07 Å². The number of halogens is 1. The maximum atomic E-state index is 6.61. The Hall–Kier alpha value is -0.570. The highest BCUT2D eigenvalue weighted by Crippen LogP contribution is 2.40. The summed E-state index contributed by atoms with van der Waals surface area (Å²) in [6, 6.07) is 6.15. The molecule has 1 fully saturated rings. The lowest BCUT2D eigenvalue weighted by Gasteiger charge is -2.36. The van der Waals surface area contributed by atoms with Crippen LogP contribution in [0.15, 0.2) is 18.2 Å². The molecule has 1 aliphatic heterocycles. The van der Waals surface area contributed by atoms with Gasteiger partial charge in [0.25, 0.3) is 0 Å². The maximum Gasteiger partial charge on any atom is 0.0955 e. The minimum atomic E-state index is -0.226. The van der Waals surface area contributed by atoms with Gasteiger partial charge in [-0.3, -0.25) is 4.90 Å². The number of benzene rings is 1. The predicted molar refractivity (Wildman–Crippen MR) is 66.4 cm³/mol. The van der Waals surface area contributed by atoms with Gasteiger partial charge in [0.2, 0.25) is 0 Å². The van der Waals surface area contributed by atoms with Gasteiger partial charge in [0.15, 0.2) is 0 Å². The molecule has 1 aromatic carbocycles. The highest BCUT2D eigenvalue weighted by molar-refractivity contribution is 6.30. The first-order valence-corrected chi connectivity index (χ1v) is 6.41. The van der Waals surface area contributed by atoms with Crippen molar-refractivity contribution in [2.24, 2.45) is 5.73 Å². The van der Waals surface area contributed by atoms with Crippen molar-refractivity contribution in [1.29, 1.82) is 0 Å². The molecule has 16 heavy (non-hydrogen) atoms.